The van der Waals surface area contributed by atoms with Gasteiger partial charge in [0.05, 0.1) is 40.5 Å². The first-order chi connectivity index (χ1) is 14.7. The summed E-state index contributed by atoms with van der Waals surface area (Å²) in [5.74, 6) is 1.76. The molecule has 6 nitrogen and oxygen atoms in total. The Labute approximate surface area is 179 Å². The number of piperidine rings is 1. The van der Waals surface area contributed by atoms with E-state index >= 15 is 0 Å². The first-order valence-electron chi connectivity index (χ1n) is 10.4. The van der Waals surface area contributed by atoms with Crippen molar-refractivity contribution in [2.24, 2.45) is 0 Å². The number of ether oxygens (including phenoxy) is 2. The third-order valence-corrected chi connectivity index (χ3v) is 7.10. The molecule has 1 saturated heterocycles. The normalized spacial score (nSPS) is 19.2. The van der Waals surface area contributed by atoms with E-state index in [1.54, 1.807) is 18.4 Å². The highest BCUT2D eigenvalue weighted by atomic mass is 32.1. The van der Waals surface area contributed by atoms with Crippen LogP contribution in [0.25, 0.3) is 10.2 Å². The molecule has 3 heterocycles. The van der Waals surface area contributed by atoms with Crippen molar-refractivity contribution in [3.63, 3.8) is 0 Å². The van der Waals surface area contributed by atoms with Crippen molar-refractivity contribution in [3.05, 3.63) is 52.5 Å². The number of hydrogen-bond acceptors (Lipinski definition) is 6. The van der Waals surface area contributed by atoms with Crippen LogP contribution in [0.5, 0.6) is 11.5 Å². The fourth-order valence-electron chi connectivity index (χ4n) is 4.29. The maximum absolute atomic E-state index is 13.2. The average Bonchev–Trinajstić information content (AvgIpc) is 3.22. The molecule has 2 aliphatic heterocycles. The maximum atomic E-state index is 13.2. The molecular weight excluding hydrogens is 398 g/mol. The van der Waals surface area contributed by atoms with Gasteiger partial charge in [0.15, 0.2) is 0 Å². The van der Waals surface area contributed by atoms with Gasteiger partial charge >= 0.3 is 0 Å². The fourth-order valence-corrected chi connectivity index (χ4v) is 5.45. The molecule has 2 aliphatic rings. The Hall–Kier alpha value is -2.64. The standard InChI is InChI=1S/C23H25N3O3S/c1-28-20-13-18-21(30-23(26-18)14-6-9-24-10-7-14)12-16(20)22(27)25-17-8-11-29-19-5-3-2-4-15(17)19/h2-5,12-14,17,24H,6-11H2,1H3,(H,25,27). The quantitative estimate of drug-likeness (QED) is 0.663. The molecule has 2 N–H and O–H groups in total. The van der Waals surface area contributed by atoms with Crippen LogP contribution in [0.15, 0.2) is 36.4 Å². The van der Waals surface area contributed by atoms with Crippen molar-refractivity contribution in [2.45, 2.75) is 31.2 Å². The first-order valence-corrected chi connectivity index (χ1v) is 11.3. The minimum Gasteiger partial charge on any atom is -0.496 e. The zero-order valence-corrected chi connectivity index (χ0v) is 17.8. The highest BCUT2D eigenvalue weighted by Crippen LogP contribution is 2.36. The smallest absolute Gasteiger partial charge is 0.255 e. The summed E-state index contributed by atoms with van der Waals surface area (Å²) in [4.78, 5) is 18.1. The van der Waals surface area contributed by atoms with Crippen molar-refractivity contribution >= 4 is 27.5 Å². The van der Waals surface area contributed by atoms with Crippen molar-refractivity contribution in [1.29, 1.82) is 0 Å². The summed E-state index contributed by atoms with van der Waals surface area (Å²) in [7, 11) is 1.60. The van der Waals surface area contributed by atoms with Crippen molar-refractivity contribution < 1.29 is 14.3 Å². The Morgan fingerprint density at radius 2 is 2.07 bits per heavy atom. The summed E-state index contributed by atoms with van der Waals surface area (Å²) >= 11 is 1.69. The molecular formula is C23H25N3O3S. The maximum Gasteiger partial charge on any atom is 0.255 e. The SMILES string of the molecule is COc1cc2nc(C3CCNCC3)sc2cc1C(=O)NC1CCOc2ccccc21. The predicted molar refractivity (Wildman–Crippen MR) is 118 cm³/mol. The van der Waals surface area contributed by atoms with E-state index in [-0.39, 0.29) is 11.9 Å². The van der Waals surface area contributed by atoms with Gasteiger partial charge in [-0.2, -0.15) is 0 Å². The Kier molecular flexibility index (Phi) is 5.31. The molecule has 5 rings (SSSR count). The van der Waals surface area contributed by atoms with Gasteiger partial charge in [-0.15, -0.1) is 11.3 Å². The van der Waals surface area contributed by atoms with Gasteiger partial charge < -0.3 is 20.1 Å². The fraction of sp³-hybridized carbons (Fsp3) is 0.391. The number of benzene rings is 2. The van der Waals surface area contributed by atoms with Gasteiger partial charge in [0, 0.05) is 24.0 Å². The molecule has 1 aromatic heterocycles. The van der Waals surface area contributed by atoms with Crippen LogP contribution in [0.4, 0.5) is 0 Å². The molecule has 0 aliphatic carbocycles. The van der Waals surface area contributed by atoms with Crippen LogP contribution in [0.1, 0.15) is 52.2 Å². The molecule has 1 unspecified atom stereocenters. The van der Waals surface area contributed by atoms with E-state index in [9.17, 15) is 4.79 Å². The molecule has 0 saturated carbocycles. The van der Waals surface area contributed by atoms with E-state index < -0.39 is 0 Å². The summed E-state index contributed by atoms with van der Waals surface area (Å²) in [6, 6.07) is 11.6. The number of thiazole rings is 1. The summed E-state index contributed by atoms with van der Waals surface area (Å²) in [5.41, 5.74) is 2.47. The number of aromatic nitrogens is 1. The van der Waals surface area contributed by atoms with Gasteiger partial charge in [0.1, 0.15) is 11.5 Å². The summed E-state index contributed by atoms with van der Waals surface area (Å²) < 4.78 is 12.3. The largest absolute Gasteiger partial charge is 0.496 e. The van der Waals surface area contributed by atoms with E-state index in [4.69, 9.17) is 14.5 Å². The van der Waals surface area contributed by atoms with E-state index in [0.29, 0.717) is 23.8 Å². The molecule has 0 bridgehead atoms. The Morgan fingerprint density at radius 3 is 2.90 bits per heavy atom. The van der Waals surface area contributed by atoms with E-state index in [1.165, 1.54) is 0 Å². The van der Waals surface area contributed by atoms with Gasteiger partial charge in [-0.05, 0) is 38.1 Å². The third kappa shape index (κ3) is 3.63. The zero-order valence-electron chi connectivity index (χ0n) is 16.9. The number of carbonyl (C=O) groups excluding carboxylic acids is 1. The van der Waals surface area contributed by atoms with Gasteiger partial charge in [0.2, 0.25) is 0 Å². The Morgan fingerprint density at radius 1 is 1.23 bits per heavy atom. The van der Waals surface area contributed by atoms with Crippen LogP contribution >= 0.6 is 11.3 Å². The molecule has 1 atom stereocenters. The number of carbonyl (C=O) groups is 1. The molecule has 0 radical (unpaired) electrons. The highest BCUT2D eigenvalue weighted by Gasteiger charge is 2.25. The predicted octanol–water partition coefficient (Wildman–Crippen LogP) is 4.03. The van der Waals surface area contributed by atoms with E-state index in [1.807, 2.05) is 36.4 Å². The van der Waals surface area contributed by atoms with Crippen molar-refractivity contribution in [1.82, 2.24) is 15.6 Å². The monoisotopic (exact) mass is 423 g/mol. The lowest BCUT2D eigenvalue weighted by atomic mass is 9.99. The summed E-state index contributed by atoms with van der Waals surface area (Å²) in [5, 5.41) is 7.74. The number of fused-ring (bicyclic) bond motifs is 2. The van der Waals surface area contributed by atoms with Gasteiger partial charge in [-0.1, -0.05) is 18.2 Å². The minimum atomic E-state index is -0.132. The molecule has 0 spiro atoms. The Bertz CT molecular complexity index is 1070. The van der Waals surface area contributed by atoms with Crippen LogP contribution in [0.2, 0.25) is 0 Å². The molecule has 1 fully saturated rings. The Balaban J connectivity index is 1.43. The summed E-state index contributed by atoms with van der Waals surface area (Å²) in [6.07, 6.45) is 2.95. The highest BCUT2D eigenvalue weighted by molar-refractivity contribution is 7.18. The molecule has 3 aromatic rings. The number of nitrogens with zero attached hydrogens (tertiary/aromatic N) is 1. The molecule has 30 heavy (non-hydrogen) atoms. The molecule has 1 amide bonds. The number of hydrogen-bond donors (Lipinski definition) is 2. The van der Waals surface area contributed by atoms with Crippen LogP contribution in [0.3, 0.4) is 0 Å². The second-order valence-corrected chi connectivity index (χ2v) is 8.86. The second kappa shape index (κ2) is 8.24. The van der Waals surface area contributed by atoms with Crippen molar-refractivity contribution in [2.75, 3.05) is 26.8 Å². The third-order valence-electron chi connectivity index (χ3n) is 5.92. The van der Waals surface area contributed by atoms with Gasteiger partial charge in [-0.3, -0.25) is 4.79 Å². The van der Waals surface area contributed by atoms with Crippen LogP contribution in [0, 0.1) is 0 Å². The lowest BCUT2D eigenvalue weighted by Crippen LogP contribution is -2.32. The lowest BCUT2D eigenvalue weighted by Gasteiger charge is -2.26. The molecule has 156 valence electrons. The topological polar surface area (TPSA) is 72.5 Å². The first kappa shape index (κ1) is 19.3. The minimum absolute atomic E-state index is 0.0744. The zero-order chi connectivity index (χ0) is 20.5. The lowest BCUT2D eigenvalue weighted by molar-refractivity contribution is 0.0922. The van der Waals surface area contributed by atoms with Crippen LogP contribution in [-0.2, 0) is 0 Å². The average molecular weight is 424 g/mol. The van der Waals surface area contributed by atoms with E-state index in [2.05, 4.69) is 10.6 Å². The second-order valence-electron chi connectivity index (χ2n) is 7.80. The van der Waals surface area contributed by atoms with Gasteiger partial charge in [-0.25, -0.2) is 4.98 Å². The van der Waals surface area contributed by atoms with E-state index in [0.717, 1.165) is 58.9 Å². The van der Waals surface area contributed by atoms with Crippen molar-refractivity contribution in [3.8, 4) is 11.5 Å². The number of para-hydroxylation sites is 1. The number of methoxy groups -OCH3 is 1. The number of amides is 1. The number of rotatable bonds is 4. The van der Waals surface area contributed by atoms with Crippen LogP contribution < -0.4 is 20.1 Å². The number of nitrogens with one attached hydrogen (secondary N) is 2. The molecule has 2 aromatic carbocycles. The van der Waals surface area contributed by atoms with Crippen LogP contribution in [-0.4, -0.2) is 37.7 Å². The molecule has 7 heteroatoms. The van der Waals surface area contributed by atoms with Gasteiger partial charge in [0.25, 0.3) is 5.91 Å². The summed E-state index contributed by atoms with van der Waals surface area (Å²) in [6.45, 7) is 2.65.